The quantitative estimate of drug-likeness (QED) is 0.760. The van der Waals surface area contributed by atoms with E-state index < -0.39 is 11.6 Å². The zero-order valence-electron chi connectivity index (χ0n) is 11.1. The molecule has 1 heterocycles. The van der Waals surface area contributed by atoms with Crippen molar-refractivity contribution < 1.29 is 18.3 Å². The molecule has 0 radical (unpaired) electrons. The molecule has 0 aromatic heterocycles. The van der Waals surface area contributed by atoms with Gasteiger partial charge in [0, 0.05) is 16.0 Å². The average Bonchev–Trinajstić information content (AvgIpc) is 2.50. The molecule has 0 saturated carbocycles. The first-order chi connectivity index (χ1) is 10.2. The lowest BCUT2D eigenvalue weighted by Crippen LogP contribution is -2.17. The SMILES string of the molecule is Fc1cccc(F)c1CC(Br)c1cccc2c1OCCO2. The van der Waals surface area contributed by atoms with E-state index in [0.29, 0.717) is 24.7 Å². The molecular weight excluding hydrogens is 342 g/mol. The summed E-state index contributed by atoms with van der Waals surface area (Å²) in [5.41, 5.74) is 0.892. The van der Waals surface area contributed by atoms with Gasteiger partial charge in [0.15, 0.2) is 11.5 Å². The summed E-state index contributed by atoms with van der Waals surface area (Å²) in [6.07, 6.45) is 0.193. The number of alkyl halides is 1. The summed E-state index contributed by atoms with van der Waals surface area (Å²) in [6, 6.07) is 9.41. The Bertz CT molecular complexity index is 640. The van der Waals surface area contributed by atoms with Crippen LogP contribution in [-0.4, -0.2) is 13.2 Å². The maximum absolute atomic E-state index is 13.7. The molecule has 0 spiro atoms. The Balaban J connectivity index is 1.91. The topological polar surface area (TPSA) is 18.5 Å². The van der Waals surface area contributed by atoms with Gasteiger partial charge in [0.2, 0.25) is 0 Å². The highest BCUT2D eigenvalue weighted by Crippen LogP contribution is 2.41. The smallest absolute Gasteiger partial charge is 0.165 e. The van der Waals surface area contributed by atoms with Crippen molar-refractivity contribution >= 4 is 15.9 Å². The molecule has 2 aromatic rings. The van der Waals surface area contributed by atoms with Crippen LogP contribution in [0.25, 0.3) is 0 Å². The molecule has 1 aliphatic rings. The second-order valence-electron chi connectivity index (χ2n) is 4.74. The third kappa shape index (κ3) is 2.88. The summed E-state index contributed by atoms with van der Waals surface area (Å²) in [7, 11) is 0. The van der Waals surface area contributed by atoms with Crippen molar-refractivity contribution in [1.82, 2.24) is 0 Å². The molecule has 1 atom stereocenters. The lowest BCUT2D eigenvalue weighted by atomic mass is 10.0. The highest BCUT2D eigenvalue weighted by atomic mass is 79.9. The molecular formula is C16H13BrF2O2. The van der Waals surface area contributed by atoms with Crippen molar-refractivity contribution in [3.05, 3.63) is 59.2 Å². The molecule has 21 heavy (non-hydrogen) atoms. The lowest BCUT2D eigenvalue weighted by Gasteiger charge is -2.23. The van der Waals surface area contributed by atoms with E-state index in [2.05, 4.69) is 15.9 Å². The van der Waals surface area contributed by atoms with Crippen molar-refractivity contribution in [1.29, 1.82) is 0 Å². The first-order valence-electron chi connectivity index (χ1n) is 6.62. The monoisotopic (exact) mass is 354 g/mol. The molecule has 1 aliphatic heterocycles. The van der Waals surface area contributed by atoms with Crippen LogP contribution in [0, 0.1) is 11.6 Å². The number of rotatable bonds is 3. The third-order valence-electron chi connectivity index (χ3n) is 3.38. The Morgan fingerprint density at radius 1 is 1.00 bits per heavy atom. The first-order valence-corrected chi connectivity index (χ1v) is 7.54. The maximum Gasteiger partial charge on any atom is 0.165 e. The van der Waals surface area contributed by atoms with Gasteiger partial charge in [0.1, 0.15) is 24.8 Å². The van der Waals surface area contributed by atoms with Crippen LogP contribution < -0.4 is 9.47 Å². The fraction of sp³-hybridized carbons (Fsp3) is 0.250. The molecule has 1 unspecified atom stereocenters. The number of benzene rings is 2. The summed E-state index contributed by atoms with van der Waals surface area (Å²) >= 11 is 3.50. The number of halogens is 3. The van der Waals surface area contributed by atoms with Crippen molar-refractivity contribution in [2.45, 2.75) is 11.2 Å². The van der Waals surface area contributed by atoms with Crippen LogP contribution in [0.5, 0.6) is 11.5 Å². The molecule has 110 valence electrons. The molecule has 2 aromatic carbocycles. The number of hydrogen-bond acceptors (Lipinski definition) is 2. The van der Waals surface area contributed by atoms with Gasteiger partial charge in [-0.25, -0.2) is 8.78 Å². The van der Waals surface area contributed by atoms with Crippen LogP contribution in [0.3, 0.4) is 0 Å². The van der Waals surface area contributed by atoms with E-state index in [9.17, 15) is 8.78 Å². The highest BCUT2D eigenvalue weighted by molar-refractivity contribution is 9.09. The van der Waals surface area contributed by atoms with E-state index >= 15 is 0 Å². The summed E-state index contributed by atoms with van der Waals surface area (Å²) in [5.74, 6) is 0.224. The minimum absolute atomic E-state index is 0.0636. The number of fused-ring (bicyclic) bond motifs is 1. The fourth-order valence-corrected chi connectivity index (χ4v) is 3.04. The molecule has 2 nitrogen and oxygen atoms in total. The minimum Gasteiger partial charge on any atom is -0.486 e. The maximum atomic E-state index is 13.7. The van der Waals surface area contributed by atoms with Crippen LogP contribution in [0.4, 0.5) is 8.78 Å². The first kappa shape index (κ1) is 14.3. The van der Waals surface area contributed by atoms with Crippen molar-refractivity contribution in [3.63, 3.8) is 0 Å². The van der Waals surface area contributed by atoms with Gasteiger partial charge in [-0.15, -0.1) is 0 Å². The van der Waals surface area contributed by atoms with E-state index in [1.54, 1.807) is 0 Å². The predicted molar refractivity (Wildman–Crippen MR) is 79.2 cm³/mol. The molecule has 5 heteroatoms. The summed E-state index contributed by atoms with van der Waals surface area (Å²) in [5, 5.41) is 0. The van der Waals surface area contributed by atoms with Gasteiger partial charge >= 0.3 is 0 Å². The predicted octanol–water partition coefficient (Wildman–Crippen LogP) is 4.41. The standard InChI is InChI=1S/C16H13BrF2O2/c17-12(9-11-13(18)4-2-5-14(11)19)10-3-1-6-15-16(10)21-8-7-20-15/h1-6,12H,7-9H2. The summed E-state index contributed by atoms with van der Waals surface area (Å²) in [6.45, 7) is 0.975. The van der Waals surface area contributed by atoms with E-state index in [1.807, 2.05) is 18.2 Å². The Labute approximate surface area is 129 Å². The fourth-order valence-electron chi connectivity index (χ4n) is 2.36. The Morgan fingerprint density at radius 3 is 2.43 bits per heavy atom. The van der Waals surface area contributed by atoms with Gasteiger partial charge in [-0.05, 0) is 24.6 Å². The minimum atomic E-state index is -0.540. The summed E-state index contributed by atoms with van der Waals surface area (Å²) in [4.78, 5) is -0.263. The molecule has 0 amide bonds. The molecule has 0 N–H and O–H groups in total. The number of ether oxygens (including phenoxy) is 2. The molecule has 0 bridgehead atoms. The molecule has 0 aliphatic carbocycles. The van der Waals surface area contributed by atoms with Gasteiger partial charge in [0.25, 0.3) is 0 Å². The van der Waals surface area contributed by atoms with E-state index in [-0.39, 0.29) is 16.8 Å². The van der Waals surface area contributed by atoms with Crippen LogP contribution in [0.1, 0.15) is 16.0 Å². The van der Waals surface area contributed by atoms with Crippen molar-refractivity contribution in [2.24, 2.45) is 0 Å². The second kappa shape index (κ2) is 6.02. The third-order valence-corrected chi connectivity index (χ3v) is 4.20. The van der Waals surface area contributed by atoms with E-state index in [1.165, 1.54) is 18.2 Å². The van der Waals surface area contributed by atoms with Crippen LogP contribution in [0.2, 0.25) is 0 Å². The van der Waals surface area contributed by atoms with Crippen LogP contribution in [-0.2, 0) is 6.42 Å². The molecule has 3 rings (SSSR count). The number of para-hydroxylation sites is 1. The highest BCUT2D eigenvalue weighted by Gasteiger charge is 2.22. The molecule has 0 saturated heterocycles. The van der Waals surface area contributed by atoms with Gasteiger partial charge in [0.05, 0.1) is 0 Å². The van der Waals surface area contributed by atoms with Gasteiger partial charge < -0.3 is 9.47 Å². The van der Waals surface area contributed by atoms with Crippen molar-refractivity contribution in [2.75, 3.05) is 13.2 Å². The van der Waals surface area contributed by atoms with Crippen LogP contribution in [0.15, 0.2) is 36.4 Å². The lowest BCUT2D eigenvalue weighted by molar-refractivity contribution is 0.170. The van der Waals surface area contributed by atoms with Gasteiger partial charge in [-0.1, -0.05) is 34.1 Å². The van der Waals surface area contributed by atoms with E-state index in [4.69, 9.17) is 9.47 Å². The van der Waals surface area contributed by atoms with Gasteiger partial charge in [-0.3, -0.25) is 0 Å². The van der Waals surface area contributed by atoms with Crippen LogP contribution >= 0.6 is 15.9 Å². The summed E-state index contributed by atoms with van der Waals surface area (Å²) < 4.78 is 38.6. The Kier molecular flexibility index (Phi) is 4.10. The van der Waals surface area contributed by atoms with Crippen molar-refractivity contribution in [3.8, 4) is 11.5 Å². The number of hydrogen-bond donors (Lipinski definition) is 0. The van der Waals surface area contributed by atoms with Gasteiger partial charge in [-0.2, -0.15) is 0 Å². The Morgan fingerprint density at radius 2 is 1.67 bits per heavy atom. The van der Waals surface area contributed by atoms with E-state index in [0.717, 1.165) is 5.56 Å². The zero-order valence-corrected chi connectivity index (χ0v) is 12.7. The largest absolute Gasteiger partial charge is 0.486 e. The Hall–Kier alpha value is -1.62. The average molecular weight is 355 g/mol. The molecule has 0 fully saturated rings. The normalized spacial score (nSPS) is 14.8. The second-order valence-corrected chi connectivity index (χ2v) is 5.85. The zero-order chi connectivity index (χ0) is 14.8.